The highest BCUT2D eigenvalue weighted by molar-refractivity contribution is 5.82. The Labute approximate surface area is 301 Å². The molecule has 7 nitrogen and oxygen atoms in total. The molecule has 1 spiro atoms. The van der Waals surface area contributed by atoms with Crippen molar-refractivity contribution in [3.05, 3.63) is 91.9 Å². The van der Waals surface area contributed by atoms with Gasteiger partial charge < -0.3 is 19.5 Å². The van der Waals surface area contributed by atoms with E-state index in [4.69, 9.17) is 4.74 Å². The molecule has 1 saturated carbocycles. The van der Waals surface area contributed by atoms with Crippen molar-refractivity contribution < 1.29 is 36.3 Å². The number of carbonyl (C=O) groups excluding carboxylic acids is 2. The van der Waals surface area contributed by atoms with E-state index >= 15 is 8.78 Å². The summed E-state index contributed by atoms with van der Waals surface area (Å²) in [6.45, 7) is 12.2. The van der Waals surface area contributed by atoms with Crippen LogP contribution < -0.4 is 10.9 Å². The summed E-state index contributed by atoms with van der Waals surface area (Å²) in [4.78, 5) is 42.6. The minimum atomic E-state index is -4.80. The second-order valence-corrected chi connectivity index (χ2v) is 15.0. The van der Waals surface area contributed by atoms with Crippen LogP contribution in [0.25, 0.3) is 11.1 Å². The minimum absolute atomic E-state index is 0.00746. The molecule has 0 radical (unpaired) electrons. The van der Waals surface area contributed by atoms with Crippen molar-refractivity contribution in [2.24, 2.45) is 11.3 Å². The molecule has 1 aliphatic carbocycles. The zero-order valence-electron chi connectivity index (χ0n) is 30.7. The number of aryl methyl sites for hydroxylation is 3. The molecule has 12 heteroatoms. The average molecular weight is 730 g/mol. The lowest BCUT2D eigenvalue weighted by Crippen LogP contribution is -2.59. The van der Waals surface area contributed by atoms with Gasteiger partial charge in [0.05, 0.1) is 24.6 Å². The van der Waals surface area contributed by atoms with E-state index < -0.39 is 64.9 Å². The number of carbonyl (C=O) groups is 2. The normalized spacial score (nSPS) is 16.7. The van der Waals surface area contributed by atoms with Crippen molar-refractivity contribution in [1.29, 1.82) is 0 Å². The molecule has 1 N–H and O–H groups in total. The second-order valence-electron chi connectivity index (χ2n) is 15.0. The number of nitrogens with one attached hydrogen (secondary N) is 1. The fourth-order valence-corrected chi connectivity index (χ4v) is 7.83. The largest absolute Gasteiger partial charge is 0.466 e. The Morgan fingerprint density at radius 3 is 2.21 bits per heavy atom. The minimum Gasteiger partial charge on any atom is -0.466 e. The van der Waals surface area contributed by atoms with Crippen LogP contribution in [0.15, 0.2) is 41.3 Å². The number of ether oxygens (including phenoxy) is 1. The third-order valence-electron chi connectivity index (χ3n) is 10.5. The number of esters is 1. The van der Waals surface area contributed by atoms with Crippen LogP contribution in [0.5, 0.6) is 0 Å². The predicted octanol–water partition coefficient (Wildman–Crippen LogP) is 8.16. The van der Waals surface area contributed by atoms with Gasteiger partial charge in [-0.15, -0.1) is 0 Å². The summed E-state index contributed by atoms with van der Waals surface area (Å²) >= 11 is 0. The molecule has 1 aromatic heterocycles. The molecule has 2 atom stereocenters. The number of aromatic nitrogens is 1. The molecule has 1 saturated heterocycles. The zero-order valence-corrected chi connectivity index (χ0v) is 30.7. The maximum atomic E-state index is 16.7. The summed E-state index contributed by atoms with van der Waals surface area (Å²) in [5, 5.41) is 2.62. The number of likely N-dealkylation sites (tertiary alicyclic amines) is 1. The first kappa shape index (κ1) is 39.2. The Morgan fingerprint density at radius 2 is 1.65 bits per heavy atom. The molecule has 0 bridgehead atoms. The number of alkyl halides is 3. The van der Waals surface area contributed by atoms with Crippen molar-refractivity contribution in [3.8, 4) is 11.1 Å². The quantitative estimate of drug-likeness (QED) is 0.142. The first-order valence-electron chi connectivity index (χ1n) is 18.0. The molecule has 1 aliphatic heterocycles. The Morgan fingerprint density at radius 1 is 1.00 bits per heavy atom. The predicted molar refractivity (Wildman–Crippen MR) is 189 cm³/mol. The molecular weight excluding hydrogens is 681 g/mol. The van der Waals surface area contributed by atoms with E-state index in [2.05, 4.69) is 10.2 Å². The van der Waals surface area contributed by atoms with Gasteiger partial charge in [0.2, 0.25) is 5.91 Å². The van der Waals surface area contributed by atoms with E-state index in [1.54, 1.807) is 46.8 Å². The van der Waals surface area contributed by atoms with Crippen LogP contribution in [0, 0.1) is 43.7 Å². The maximum Gasteiger partial charge on any atom is 0.416 e. The van der Waals surface area contributed by atoms with Crippen LogP contribution in [-0.2, 0) is 26.9 Å². The monoisotopic (exact) mass is 729 g/mol. The SMILES string of the molecule is CCOC(=O)C[C@H](NC(=O)C(CC(C)C)n1cc(CCN2CC3(CCC3)C2)c(C(F)(F)F)cc1=O)c1c(F)c(C)cc(-c2c(C)cccc2C)c1F. The van der Waals surface area contributed by atoms with Gasteiger partial charge in [0.25, 0.3) is 5.56 Å². The number of halogens is 5. The topological polar surface area (TPSA) is 80.6 Å². The van der Waals surface area contributed by atoms with E-state index in [0.29, 0.717) is 18.2 Å². The van der Waals surface area contributed by atoms with Gasteiger partial charge in [-0.2, -0.15) is 13.2 Å². The summed E-state index contributed by atoms with van der Waals surface area (Å²) < 4.78 is 81.5. The molecule has 2 heterocycles. The lowest BCUT2D eigenvalue weighted by atomic mass is 9.63. The molecule has 282 valence electrons. The van der Waals surface area contributed by atoms with Gasteiger partial charge in [-0.3, -0.25) is 14.4 Å². The van der Waals surface area contributed by atoms with Crippen molar-refractivity contribution in [2.75, 3.05) is 26.2 Å². The molecule has 1 amide bonds. The van der Waals surface area contributed by atoms with E-state index in [9.17, 15) is 27.6 Å². The molecule has 5 rings (SSSR count). The molecule has 1 unspecified atom stereocenters. The van der Waals surface area contributed by atoms with E-state index in [0.717, 1.165) is 54.2 Å². The third kappa shape index (κ3) is 8.27. The van der Waals surface area contributed by atoms with Gasteiger partial charge in [-0.05, 0) is 98.6 Å². The van der Waals surface area contributed by atoms with Crippen LogP contribution in [0.2, 0.25) is 0 Å². The molecule has 2 aliphatic rings. The fourth-order valence-electron chi connectivity index (χ4n) is 7.83. The fraction of sp³-hybridized carbons (Fsp3) is 0.525. The highest BCUT2D eigenvalue weighted by Crippen LogP contribution is 2.48. The summed E-state index contributed by atoms with van der Waals surface area (Å²) in [6, 6.07) is 4.37. The average Bonchev–Trinajstić information content (AvgIpc) is 3.00. The van der Waals surface area contributed by atoms with Gasteiger partial charge in [0, 0.05) is 43.0 Å². The summed E-state index contributed by atoms with van der Waals surface area (Å²) in [6.07, 6.45) is -0.911. The zero-order chi connectivity index (χ0) is 38.1. The van der Waals surface area contributed by atoms with Crippen LogP contribution in [-0.4, -0.2) is 47.6 Å². The number of benzene rings is 2. The number of hydrogen-bond acceptors (Lipinski definition) is 5. The van der Waals surface area contributed by atoms with Crippen molar-refractivity contribution >= 4 is 11.9 Å². The summed E-state index contributed by atoms with van der Waals surface area (Å²) in [5.74, 6) is -3.87. The smallest absolute Gasteiger partial charge is 0.416 e. The highest BCUT2D eigenvalue weighted by atomic mass is 19.4. The summed E-state index contributed by atoms with van der Waals surface area (Å²) in [5.41, 5.74) is -0.343. The van der Waals surface area contributed by atoms with Gasteiger partial charge in [0.1, 0.15) is 17.7 Å². The molecular formula is C40H48F5N3O4. The Hall–Kier alpha value is -4.06. The summed E-state index contributed by atoms with van der Waals surface area (Å²) in [7, 11) is 0. The third-order valence-corrected chi connectivity index (χ3v) is 10.5. The lowest BCUT2D eigenvalue weighted by Gasteiger charge is -2.56. The van der Waals surface area contributed by atoms with Crippen LogP contribution in [0.3, 0.4) is 0 Å². The Balaban J connectivity index is 1.54. The van der Waals surface area contributed by atoms with Gasteiger partial charge >= 0.3 is 12.1 Å². The van der Waals surface area contributed by atoms with Crippen molar-refractivity contribution in [1.82, 2.24) is 14.8 Å². The highest BCUT2D eigenvalue weighted by Gasteiger charge is 2.47. The van der Waals surface area contributed by atoms with Gasteiger partial charge in [-0.25, -0.2) is 8.78 Å². The molecule has 3 aromatic rings. The molecule has 52 heavy (non-hydrogen) atoms. The van der Waals surface area contributed by atoms with E-state index in [-0.39, 0.29) is 47.5 Å². The molecule has 2 fully saturated rings. The van der Waals surface area contributed by atoms with E-state index in [1.807, 2.05) is 6.07 Å². The maximum absolute atomic E-state index is 16.7. The van der Waals surface area contributed by atoms with Crippen molar-refractivity contribution in [2.45, 2.75) is 98.3 Å². The van der Waals surface area contributed by atoms with Gasteiger partial charge in [-0.1, -0.05) is 38.5 Å². The number of pyridine rings is 1. The number of nitrogens with zero attached hydrogens (tertiary/aromatic N) is 2. The van der Waals surface area contributed by atoms with Crippen molar-refractivity contribution in [3.63, 3.8) is 0 Å². The van der Waals surface area contributed by atoms with Crippen LogP contribution in [0.4, 0.5) is 22.0 Å². The van der Waals surface area contributed by atoms with Crippen LogP contribution in [0.1, 0.15) is 98.3 Å². The van der Waals surface area contributed by atoms with Crippen LogP contribution >= 0.6 is 0 Å². The Kier molecular flexibility index (Phi) is 11.7. The number of amides is 1. The van der Waals surface area contributed by atoms with Gasteiger partial charge in [0.15, 0.2) is 0 Å². The van der Waals surface area contributed by atoms with E-state index in [1.165, 1.54) is 13.0 Å². The second kappa shape index (κ2) is 15.5. The first-order chi connectivity index (χ1) is 24.4. The first-order valence-corrected chi connectivity index (χ1v) is 18.0. The molecule has 2 aromatic carbocycles. The number of rotatable bonds is 13. The lowest BCUT2D eigenvalue weighted by molar-refractivity contribution is -0.144. The Bertz CT molecular complexity index is 1850. The number of hydrogen-bond donors (Lipinski definition) is 1. The standard InChI is InChI=1S/C40H48F5N3O4/c1-7-52-33(50)19-30(35-36(41)26(6)17-28(37(35)42)34-24(4)10-8-11-25(34)5)46-38(51)31(16-23(2)3)48-20-27(29(18-32(48)49)40(43,44)45)12-15-47-21-39(22-47)13-9-14-39/h8,10-11,17-18,20,23,30-31H,7,9,12-16,19,21-22H2,1-6H3,(H,46,51)/t30-,31?/m0/s1.